The summed E-state index contributed by atoms with van der Waals surface area (Å²) in [7, 11) is 0. The zero-order valence-corrected chi connectivity index (χ0v) is 16.6. The Morgan fingerprint density at radius 2 is 1.83 bits per heavy atom. The minimum atomic E-state index is -0.534. The zero-order chi connectivity index (χ0) is 20.5. The quantitative estimate of drug-likeness (QED) is 0.311. The molecule has 8 heteroatoms. The van der Waals surface area contributed by atoms with Gasteiger partial charge < -0.3 is 20.6 Å². The third-order valence-electron chi connectivity index (χ3n) is 4.56. The van der Waals surface area contributed by atoms with Gasteiger partial charge in [0.25, 0.3) is 0 Å². The molecule has 4 aromatic rings. The number of benzene rings is 2. The van der Waals surface area contributed by atoms with Gasteiger partial charge in [-0.05, 0) is 35.4 Å². The lowest BCUT2D eigenvalue weighted by molar-refractivity contribution is 0.321. The standard InChI is InChI=1S/C21H16Cl2FN3O2/c22-16-5-6-17(24)18(23)13(16)7-8-28-20-19-14(9-27-21(20)26)15(10-29-19)11-1-3-12(25)4-2-11/h1-6,9-10H,7-8,25H2,(H2,26,27). The molecule has 0 amide bonds. The maximum Gasteiger partial charge on any atom is 0.205 e. The average Bonchev–Trinajstić information content (AvgIpc) is 3.14. The molecule has 0 atom stereocenters. The van der Waals surface area contributed by atoms with Gasteiger partial charge in [0.2, 0.25) is 5.75 Å². The van der Waals surface area contributed by atoms with Gasteiger partial charge in [0, 0.05) is 28.9 Å². The van der Waals surface area contributed by atoms with E-state index in [1.807, 2.05) is 24.3 Å². The van der Waals surface area contributed by atoms with Crippen molar-refractivity contribution in [3.8, 4) is 16.9 Å². The summed E-state index contributed by atoms with van der Waals surface area (Å²) in [5.74, 6) is -0.0338. The van der Waals surface area contributed by atoms with Crippen LogP contribution in [0.4, 0.5) is 15.9 Å². The van der Waals surface area contributed by atoms with Crippen LogP contribution >= 0.6 is 23.2 Å². The van der Waals surface area contributed by atoms with E-state index in [9.17, 15) is 4.39 Å². The molecule has 0 aliphatic heterocycles. The molecule has 5 nitrogen and oxygen atoms in total. The second-order valence-corrected chi connectivity index (χ2v) is 7.19. The lowest BCUT2D eigenvalue weighted by atomic mass is 10.1. The van der Waals surface area contributed by atoms with Crippen LogP contribution in [-0.2, 0) is 6.42 Å². The highest BCUT2D eigenvalue weighted by Gasteiger charge is 2.17. The number of anilines is 2. The maximum atomic E-state index is 13.7. The average molecular weight is 432 g/mol. The molecule has 0 spiro atoms. The SMILES string of the molecule is Nc1ccc(-c2coc3c(OCCc4c(Cl)ccc(F)c4Cl)c(N)ncc23)cc1. The summed E-state index contributed by atoms with van der Waals surface area (Å²) in [6.07, 6.45) is 3.54. The van der Waals surface area contributed by atoms with Gasteiger partial charge >= 0.3 is 0 Å². The van der Waals surface area contributed by atoms with Gasteiger partial charge in [0.15, 0.2) is 11.4 Å². The van der Waals surface area contributed by atoms with Crippen molar-refractivity contribution in [3.63, 3.8) is 0 Å². The molecule has 0 saturated heterocycles. The number of hydrogen-bond acceptors (Lipinski definition) is 5. The monoisotopic (exact) mass is 431 g/mol. The fourth-order valence-electron chi connectivity index (χ4n) is 3.06. The van der Waals surface area contributed by atoms with Gasteiger partial charge in [-0.3, -0.25) is 0 Å². The highest BCUT2D eigenvalue weighted by Crippen LogP contribution is 2.38. The summed E-state index contributed by atoms with van der Waals surface area (Å²) in [5.41, 5.74) is 15.1. The molecule has 0 radical (unpaired) electrons. The summed E-state index contributed by atoms with van der Waals surface area (Å²) >= 11 is 12.1. The molecule has 4 N–H and O–H groups in total. The van der Waals surface area contributed by atoms with Crippen molar-refractivity contribution in [1.29, 1.82) is 0 Å². The number of ether oxygens (including phenoxy) is 1. The molecular formula is C21H16Cl2FN3O2. The van der Waals surface area contributed by atoms with E-state index in [0.29, 0.717) is 27.6 Å². The van der Waals surface area contributed by atoms with Crippen LogP contribution in [0.5, 0.6) is 5.75 Å². The summed E-state index contributed by atoms with van der Waals surface area (Å²) in [5, 5.41) is 1.10. The van der Waals surface area contributed by atoms with Crippen LogP contribution in [0, 0.1) is 5.82 Å². The number of rotatable bonds is 5. The van der Waals surface area contributed by atoms with Crippen molar-refractivity contribution in [2.75, 3.05) is 18.1 Å². The van der Waals surface area contributed by atoms with Gasteiger partial charge in [-0.2, -0.15) is 0 Å². The Labute approximate surface area is 176 Å². The largest absolute Gasteiger partial charge is 0.486 e. The minimum Gasteiger partial charge on any atom is -0.486 e. The van der Waals surface area contributed by atoms with Crippen molar-refractivity contribution < 1.29 is 13.5 Å². The van der Waals surface area contributed by atoms with E-state index >= 15 is 0 Å². The fraction of sp³-hybridized carbons (Fsp3) is 0.0952. The Balaban J connectivity index is 1.62. The second-order valence-electron chi connectivity index (χ2n) is 6.41. The number of pyridine rings is 1. The first-order valence-electron chi connectivity index (χ1n) is 8.72. The lowest BCUT2D eigenvalue weighted by Gasteiger charge is -2.11. The van der Waals surface area contributed by atoms with E-state index in [2.05, 4.69) is 4.98 Å². The molecule has 4 rings (SSSR count). The van der Waals surface area contributed by atoms with Gasteiger partial charge in [-0.15, -0.1) is 0 Å². The molecule has 0 bridgehead atoms. The molecule has 0 aliphatic rings. The molecule has 0 fully saturated rings. The number of nitrogens with zero attached hydrogens (tertiary/aromatic N) is 1. The topological polar surface area (TPSA) is 87.3 Å². The third kappa shape index (κ3) is 3.69. The highest BCUT2D eigenvalue weighted by atomic mass is 35.5. The number of fused-ring (bicyclic) bond motifs is 1. The van der Waals surface area contributed by atoms with Crippen LogP contribution in [0.3, 0.4) is 0 Å². The third-order valence-corrected chi connectivity index (χ3v) is 5.32. The van der Waals surface area contributed by atoms with Crippen LogP contribution in [0.15, 0.2) is 53.3 Å². The Kier molecular flexibility index (Phi) is 5.22. The van der Waals surface area contributed by atoms with Gasteiger partial charge in [-0.1, -0.05) is 35.3 Å². The molecule has 148 valence electrons. The number of nitrogen functional groups attached to an aromatic ring is 2. The van der Waals surface area contributed by atoms with E-state index in [1.165, 1.54) is 12.1 Å². The Bertz CT molecular complexity index is 1190. The molecule has 0 saturated carbocycles. The van der Waals surface area contributed by atoms with Crippen molar-refractivity contribution in [2.24, 2.45) is 0 Å². The molecule has 2 aromatic heterocycles. The predicted molar refractivity (Wildman–Crippen MR) is 114 cm³/mol. The van der Waals surface area contributed by atoms with Crippen molar-refractivity contribution in [3.05, 3.63) is 70.3 Å². The summed E-state index contributed by atoms with van der Waals surface area (Å²) in [6, 6.07) is 10.1. The first-order chi connectivity index (χ1) is 14.0. The summed E-state index contributed by atoms with van der Waals surface area (Å²) < 4.78 is 25.2. The lowest BCUT2D eigenvalue weighted by Crippen LogP contribution is -2.06. The number of hydrogen-bond donors (Lipinski definition) is 2. The Hall–Kier alpha value is -2.96. The molecule has 2 aromatic carbocycles. The first kappa shape index (κ1) is 19.4. The van der Waals surface area contributed by atoms with Crippen LogP contribution in [0.1, 0.15) is 5.56 Å². The van der Waals surface area contributed by atoms with E-state index in [4.69, 9.17) is 43.8 Å². The number of halogens is 3. The normalized spacial score (nSPS) is 11.1. The van der Waals surface area contributed by atoms with Crippen LogP contribution in [0.2, 0.25) is 10.0 Å². The number of furan rings is 1. The first-order valence-corrected chi connectivity index (χ1v) is 9.48. The molecule has 0 aliphatic carbocycles. The molecule has 29 heavy (non-hydrogen) atoms. The van der Waals surface area contributed by atoms with Gasteiger partial charge in [0.1, 0.15) is 5.82 Å². The van der Waals surface area contributed by atoms with E-state index in [0.717, 1.165) is 16.5 Å². The summed E-state index contributed by atoms with van der Waals surface area (Å²) in [6.45, 7) is 0.159. The van der Waals surface area contributed by atoms with Crippen LogP contribution < -0.4 is 16.2 Å². The van der Waals surface area contributed by atoms with Gasteiger partial charge in [0.05, 0.1) is 23.3 Å². The van der Waals surface area contributed by atoms with E-state index < -0.39 is 5.82 Å². The van der Waals surface area contributed by atoms with Crippen molar-refractivity contribution >= 4 is 45.7 Å². The fourth-order valence-corrected chi connectivity index (χ4v) is 3.62. The van der Waals surface area contributed by atoms with Crippen LogP contribution in [-0.4, -0.2) is 11.6 Å². The minimum absolute atomic E-state index is 0.0194. The Morgan fingerprint density at radius 1 is 1.07 bits per heavy atom. The Morgan fingerprint density at radius 3 is 2.59 bits per heavy atom. The molecule has 2 heterocycles. The summed E-state index contributed by atoms with van der Waals surface area (Å²) in [4.78, 5) is 4.21. The maximum absolute atomic E-state index is 13.7. The highest BCUT2D eigenvalue weighted by molar-refractivity contribution is 6.36. The molecular weight excluding hydrogens is 416 g/mol. The molecule has 0 unspecified atom stereocenters. The smallest absolute Gasteiger partial charge is 0.205 e. The van der Waals surface area contributed by atoms with Crippen LogP contribution in [0.25, 0.3) is 22.1 Å². The van der Waals surface area contributed by atoms with Crippen molar-refractivity contribution in [2.45, 2.75) is 6.42 Å². The number of aromatic nitrogens is 1. The van der Waals surface area contributed by atoms with E-state index in [1.54, 1.807) is 12.5 Å². The predicted octanol–water partition coefficient (Wildman–Crippen LogP) is 5.73. The number of nitrogens with two attached hydrogens (primary N) is 2. The van der Waals surface area contributed by atoms with Crippen molar-refractivity contribution in [1.82, 2.24) is 4.98 Å². The zero-order valence-electron chi connectivity index (χ0n) is 15.1. The van der Waals surface area contributed by atoms with Gasteiger partial charge in [-0.25, -0.2) is 9.37 Å². The second kappa shape index (κ2) is 7.81. The van der Waals surface area contributed by atoms with E-state index in [-0.39, 0.29) is 23.9 Å².